The summed E-state index contributed by atoms with van der Waals surface area (Å²) >= 11 is 1.50. The van der Waals surface area contributed by atoms with E-state index >= 15 is 0 Å². The number of fused-ring (bicyclic) bond motifs is 3. The second-order valence-corrected chi connectivity index (χ2v) is 10.4. The summed E-state index contributed by atoms with van der Waals surface area (Å²) in [6.07, 6.45) is 7.41. The van der Waals surface area contributed by atoms with E-state index in [0.29, 0.717) is 49.2 Å². The molecule has 2 fully saturated rings. The zero-order valence-electron chi connectivity index (χ0n) is 17.6. The van der Waals surface area contributed by atoms with Gasteiger partial charge in [0.1, 0.15) is 5.00 Å². The van der Waals surface area contributed by atoms with Crippen LogP contribution in [0.15, 0.2) is 12.2 Å². The summed E-state index contributed by atoms with van der Waals surface area (Å²) in [6.45, 7) is 4.35. The molecular formula is C23H28N2O5S. The first-order valence-corrected chi connectivity index (χ1v) is 12.0. The number of anilines is 1. The fraction of sp³-hybridized carbons (Fsp3) is 0.609. The van der Waals surface area contributed by atoms with Crippen molar-refractivity contribution in [3.8, 4) is 0 Å². The van der Waals surface area contributed by atoms with Crippen LogP contribution in [0.3, 0.4) is 0 Å². The highest BCUT2D eigenvalue weighted by molar-refractivity contribution is 7.17. The molecule has 31 heavy (non-hydrogen) atoms. The van der Waals surface area contributed by atoms with Crippen LogP contribution in [-0.2, 0) is 27.2 Å². The van der Waals surface area contributed by atoms with Gasteiger partial charge in [-0.3, -0.25) is 14.4 Å². The molecule has 8 heteroatoms. The second-order valence-electron chi connectivity index (χ2n) is 9.29. The first kappa shape index (κ1) is 20.7. The van der Waals surface area contributed by atoms with Crippen molar-refractivity contribution in [2.45, 2.75) is 32.6 Å². The summed E-state index contributed by atoms with van der Waals surface area (Å²) in [5, 5.41) is 13.3. The predicted octanol–water partition coefficient (Wildman–Crippen LogP) is 2.81. The number of hydrogen-bond acceptors (Lipinski definition) is 5. The maximum absolute atomic E-state index is 13.5. The van der Waals surface area contributed by atoms with Crippen molar-refractivity contribution in [1.82, 2.24) is 4.90 Å². The van der Waals surface area contributed by atoms with Gasteiger partial charge in [-0.1, -0.05) is 19.1 Å². The number of hydrogen-bond donors (Lipinski definition) is 2. The normalized spacial score (nSPS) is 31.5. The number of nitrogens with zero attached hydrogens (tertiary/aromatic N) is 1. The molecule has 1 aromatic heterocycles. The Kier molecular flexibility index (Phi) is 5.38. The maximum Gasteiger partial charge on any atom is 0.307 e. The number of amides is 2. The van der Waals surface area contributed by atoms with E-state index in [4.69, 9.17) is 4.74 Å². The van der Waals surface area contributed by atoms with Crippen LogP contribution < -0.4 is 5.32 Å². The Morgan fingerprint density at radius 1 is 1.16 bits per heavy atom. The molecule has 1 aromatic rings. The predicted molar refractivity (Wildman–Crippen MR) is 116 cm³/mol. The molecule has 0 spiro atoms. The van der Waals surface area contributed by atoms with Crippen LogP contribution in [0.1, 0.15) is 40.6 Å². The molecule has 2 amide bonds. The number of carbonyl (C=O) groups is 3. The lowest BCUT2D eigenvalue weighted by atomic mass is 9.82. The average Bonchev–Trinajstić information content (AvgIpc) is 3.46. The monoisotopic (exact) mass is 444 g/mol. The smallest absolute Gasteiger partial charge is 0.307 e. The van der Waals surface area contributed by atoms with Crippen LogP contribution >= 0.6 is 11.3 Å². The van der Waals surface area contributed by atoms with E-state index in [0.717, 1.165) is 24.8 Å². The van der Waals surface area contributed by atoms with Gasteiger partial charge in [-0.15, -0.1) is 11.3 Å². The van der Waals surface area contributed by atoms with E-state index in [1.54, 1.807) is 4.90 Å². The van der Waals surface area contributed by atoms with Gasteiger partial charge in [0.2, 0.25) is 5.91 Å². The van der Waals surface area contributed by atoms with E-state index in [1.165, 1.54) is 16.2 Å². The number of carboxylic acid groups (broad SMARTS) is 1. The summed E-state index contributed by atoms with van der Waals surface area (Å²) in [4.78, 5) is 41.6. The topological polar surface area (TPSA) is 95.9 Å². The SMILES string of the molecule is C[C@@H]1CCc2c(sc(NC(=O)[C@H]3[C@H](C(=O)O)[C@H]4C=C[C@H]3C4)c2C(=O)N2CCOCC2)C1. The highest BCUT2D eigenvalue weighted by Gasteiger charge is 2.52. The molecule has 0 aromatic carbocycles. The summed E-state index contributed by atoms with van der Waals surface area (Å²) in [6, 6.07) is 0. The van der Waals surface area contributed by atoms with Crippen LogP contribution in [0, 0.1) is 29.6 Å². The van der Waals surface area contributed by atoms with Gasteiger partial charge in [-0.05, 0) is 49.0 Å². The Labute approximate surface area is 185 Å². The number of thiophene rings is 1. The lowest BCUT2D eigenvalue weighted by Crippen LogP contribution is -2.41. The van der Waals surface area contributed by atoms with Crippen molar-refractivity contribution >= 4 is 34.1 Å². The molecule has 5 atom stereocenters. The summed E-state index contributed by atoms with van der Waals surface area (Å²) in [5.41, 5.74) is 1.69. The van der Waals surface area contributed by atoms with Crippen molar-refractivity contribution in [2.75, 3.05) is 31.6 Å². The largest absolute Gasteiger partial charge is 0.481 e. The van der Waals surface area contributed by atoms with Crippen molar-refractivity contribution in [1.29, 1.82) is 0 Å². The molecule has 5 rings (SSSR count). The Balaban J connectivity index is 1.46. The van der Waals surface area contributed by atoms with E-state index in [-0.39, 0.29) is 23.7 Å². The number of rotatable bonds is 4. The average molecular weight is 445 g/mol. The van der Waals surface area contributed by atoms with E-state index in [2.05, 4.69) is 12.2 Å². The first-order valence-electron chi connectivity index (χ1n) is 11.2. The van der Waals surface area contributed by atoms with Crippen molar-refractivity contribution < 1.29 is 24.2 Å². The second kappa shape index (κ2) is 8.06. The molecule has 0 radical (unpaired) electrons. The van der Waals surface area contributed by atoms with Crippen LogP contribution in [-0.4, -0.2) is 54.1 Å². The third kappa shape index (κ3) is 3.59. The van der Waals surface area contributed by atoms with E-state index in [9.17, 15) is 19.5 Å². The molecule has 1 saturated carbocycles. The fourth-order valence-corrected chi connectivity index (χ4v) is 7.11. The Bertz CT molecular complexity index is 948. The number of carbonyl (C=O) groups excluding carboxylic acids is 2. The minimum absolute atomic E-state index is 0.0425. The molecule has 2 N–H and O–H groups in total. The molecule has 1 saturated heterocycles. The van der Waals surface area contributed by atoms with Gasteiger partial charge in [0.05, 0.1) is 30.6 Å². The standard InChI is InChI=1S/C23H28N2O5S/c1-12-2-5-15-16(10-12)31-21(19(15)22(27)25-6-8-30-9-7-25)24-20(26)17-13-3-4-14(11-13)18(17)23(28)29/h3-4,12-14,17-18H,2,5-11H2,1H3,(H,24,26)(H,28,29)/t12-,13+,14+,17-,18-/m1/s1. The Morgan fingerprint density at radius 2 is 1.87 bits per heavy atom. The van der Waals surface area contributed by atoms with Gasteiger partial charge in [0.25, 0.3) is 5.91 Å². The summed E-state index contributed by atoms with van der Waals surface area (Å²) in [7, 11) is 0. The number of nitrogens with one attached hydrogen (secondary N) is 1. The van der Waals surface area contributed by atoms with Crippen LogP contribution in [0.2, 0.25) is 0 Å². The summed E-state index contributed by atoms with van der Waals surface area (Å²) < 4.78 is 5.40. The molecule has 4 aliphatic rings. The Morgan fingerprint density at radius 3 is 2.58 bits per heavy atom. The minimum atomic E-state index is -0.916. The highest BCUT2D eigenvalue weighted by Crippen LogP contribution is 2.49. The zero-order chi connectivity index (χ0) is 21.7. The first-order chi connectivity index (χ1) is 14.9. The lowest BCUT2D eigenvalue weighted by Gasteiger charge is -2.28. The Hall–Kier alpha value is -2.19. The molecule has 1 aliphatic heterocycles. The quantitative estimate of drug-likeness (QED) is 0.697. The number of morpholine rings is 1. The lowest BCUT2D eigenvalue weighted by molar-refractivity contribution is -0.146. The zero-order valence-corrected chi connectivity index (χ0v) is 18.5. The van der Waals surface area contributed by atoms with Crippen molar-refractivity contribution in [2.24, 2.45) is 29.6 Å². The minimum Gasteiger partial charge on any atom is -0.481 e. The van der Waals surface area contributed by atoms with E-state index < -0.39 is 17.8 Å². The number of carboxylic acids is 1. The number of aliphatic carboxylic acids is 1. The molecular weight excluding hydrogens is 416 g/mol. The fourth-order valence-electron chi connectivity index (χ4n) is 5.70. The van der Waals surface area contributed by atoms with Crippen LogP contribution in [0.25, 0.3) is 0 Å². The third-order valence-electron chi connectivity index (χ3n) is 7.31. The number of allylic oxidation sites excluding steroid dienone is 2. The van der Waals surface area contributed by atoms with E-state index in [1.807, 2.05) is 12.2 Å². The van der Waals surface area contributed by atoms with Gasteiger partial charge in [-0.25, -0.2) is 0 Å². The molecule has 2 heterocycles. The maximum atomic E-state index is 13.5. The summed E-state index contributed by atoms with van der Waals surface area (Å²) in [5.74, 6) is -2.08. The molecule has 3 aliphatic carbocycles. The van der Waals surface area contributed by atoms with Crippen molar-refractivity contribution in [3.63, 3.8) is 0 Å². The molecule has 2 bridgehead atoms. The van der Waals surface area contributed by atoms with Gasteiger partial charge in [0, 0.05) is 18.0 Å². The molecule has 166 valence electrons. The number of ether oxygens (including phenoxy) is 1. The molecule has 7 nitrogen and oxygen atoms in total. The molecule has 0 unspecified atom stereocenters. The van der Waals surface area contributed by atoms with Crippen LogP contribution in [0.5, 0.6) is 0 Å². The van der Waals surface area contributed by atoms with Gasteiger partial charge in [-0.2, -0.15) is 0 Å². The van der Waals surface area contributed by atoms with Crippen molar-refractivity contribution in [3.05, 3.63) is 28.2 Å². The van der Waals surface area contributed by atoms with Crippen LogP contribution in [0.4, 0.5) is 5.00 Å². The van der Waals surface area contributed by atoms with Gasteiger partial charge in [0.15, 0.2) is 0 Å². The van der Waals surface area contributed by atoms with Gasteiger partial charge >= 0.3 is 5.97 Å². The third-order valence-corrected chi connectivity index (χ3v) is 8.48. The highest BCUT2D eigenvalue weighted by atomic mass is 32.1. The van der Waals surface area contributed by atoms with Gasteiger partial charge < -0.3 is 20.1 Å².